The van der Waals surface area contributed by atoms with Crippen molar-refractivity contribution >= 4 is 23.5 Å². The molecule has 4 atom stereocenters. The van der Waals surface area contributed by atoms with Gasteiger partial charge >= 0.3 is 11.9 Å². The molecule has 6 nitrogen and oxygen atoms in total. The van der Waals surface area contributed by atoms with Crippen LogP contribution in [0.1, 0.15) is 0 Å². The lowest BCUT2D eigenvalue weighted by molar-refractivity contribution is -0.204. The highest BCUT2D eigenvalue weighted by molar-refractivity contribution is 6.16. The van der Waals surface area contributed by atoms with Gasteiger partial charge in [0.2, 0.25) is 0 Å². The van der Waals surface area contributed by atoms with Crippen LogP contribution in [0.3, 0.4) is 0 Å². The molecule has 6 heteroatoms. The maximum absolute atomic E-state index is 12.2. The van der Waals surface area contributed by atoms with E-state index in [1.54, 1.807) is 0 Å². The Morgan fingerprint density at radius 3 is 1.55 bits per heavy atom. The van der Waals surface area contributed by atoms with Crippen LogP contribution in [0.25, 0.3) is 0 Å². The van der Waals surface area contributed by atoms with Crippen LogP contribution in [0.5, 0.6) is 0 Å². The minimum absolute atomic E-state index is 0.336. The third kappa shape index (κ3) is 0.994. The number of carbonyl (C=O) groups excluding carboxylic acids is 4. The second-order valence-corrected chi connectivity index (χ2v) is 5.15. The van der Waals surface area contributed by atoms with E-state index in [1.807, 2.05) is 0 Å². The average Bonchev–Trinajstić information content (AvgIpc) is 2.88. The van der Waals surface area contributed by atoms with Crippen molar-refractivity contribution in [2.75, 3.05) is 14.2 Å². The number of fused-ring (bicyclic) bond motifs is 4. The zero-order chi connectivity index (χ0) is 14.7. The quantitative estimate of drug-likeness (QED) is 0.651. The zero-order valence-electron chi connectivity index (χ0n) is 10.9. The molecule has 0 N–H and O–H groups in total. The Morgan fingerprint density at radius 2 is 1.25 bits per heavy atom. The molecule has 3 rings (SSSR count). The van der Waals surface area contributed by atoms with Gasteiger partial charge in [0.05, 0.1) is 26.1 Å². The first-order valence-corrected chi connectivity index (χ1v) is 6.10. The summed E-state index contributed by atoms with van der Waals surface area (Å²) in [6.07, 6.45) is 5.24. The Balaban J connectivity index is 2.23. The third-order valence-electron chi connectivity index (χ3n) is 4.68. The number of rotatable bonds is 2. The second kappa shape index (κ2) is 3.65. The molecule has 0 unspecified atom stereocenters. The van der Waals surface area contributed by atoms with Gasteiger partial charge in [0.25, 0.3) is 0 Å². The molecular weight excluding hydrogens is 264 g/mol. The summed E-state index contributed by atoms with van der Waals surface area (Å²) < 4.78 is 9.55. The van der Waals surface area contributed by atoms with Crippen molar-refractivity contribution in [3.8, 4) is 0 Å². The van der Waals surface area contributed by atoms with E-state index in [4.69, 9.17) is 9.47 Å². The van der Waals surface area contributed by atoms with Crippen LogP contribution >= 0.6 is 0 Å². The van der Waals surface area contributed by atoms with Crippen molar-refractivity contribution in [3.63, 3.8) is 0 Å². The molecule has 0 aliphatic heterocycles. The highest BCUT2D eigenvalue weighted by Crippen LogP contribution is 2.71. The number of ether oxygens (including phenoxy) is 2. The number of carbonyl (C=O) groups is 4. The third-order valence-corrected chi connectivity index (χ3v) is 4.68. The van der Waals surface area contributed by atoms with Gasteiger partial charge in [-0.05, 0) is 12.2 Å². The summed E-state index contributed by atoms with van der Waals surface area (Å²) in [6.45, 7) is 0. The van der Waals surface area contributed by atoms with Crippen molar-refractivity contribution in [2.45, 2.75) is 0 Å². The number of hydrogen-bond acceptors (Lipinski definition) is 6. The smallest absolute Gasteiger partial charge is 0.317 e. The molecule has 3 aliphatic carbocycles. The predicted molar refractivity (Wildman–Crippen MR) is 64.2 cm³/mol. The topological polar surface area (TPSA) is 86.7 Å². The largest absolute Gasteiger partial charge is 0.468 e. The van der Waals surface area contributed by atoms with Gasteiger partial charge in [-0.2, -0.15) is 0 Å². The standard InChI is InChI=1S/C14H12O6/c1-19-11(17)13-5-3-7(15)9(13)10-8(16)4-6-14(10,13)12(18)20-2/h3-6,9-10H,1-2H3/t9-,10+,13-,14+. The summed E-state index contributed by atoms with van der Waals surface area (Å²) >= 11 is 0. The fraction of sp³-hybridized carbons (Fsp3) is 0.429. The monoisotopic (exact) mass is 276 g/mol. The van der Waals surface area contributed by atoms with Gasteiger partial charge in [0, 0.05) is 0 Å². The van der Waals surface area contributed by atoms with Crippen LogP contribution in [0.2, 0.25) is 0 Å². The lowest BCUT2D eigenvalue weighted by atomic mass is 9.39. The van der Waals surface area contributed by atoms with Gasteiger partial charge in [-0.15, -0.1) is 0 Å². The second-order valence-electron chi connectivity index (χ2n) is 5.15. The predicted octanol–water partition coefficient (Wildman–Crippen LogP) is -0.171. The van der Waals surface area contributed by atoms with E-state index >= 15 is 0 Å². The van der Waals surface area contributed by atoms with Gasteiger partial charge in [0.15, 0.2) is 11.6 Å². The lowest BCUT2D eigenvalue weighted by Crippen LogP contribution is -2.71. The van der Waals surface area contributed by atoms with Crippen molar-refractivity contribution < 1.29 is 28.7 Å². The molecule has 0 aromatic heterocycles. The summed E-state index contributed by atoms with van der Waals surface area (Å²) in [5, 5.41) is 0. The van der Waals surface area contributed by atoms with Gasteiger partial charge in [0.1, 0.15) is 10.8 Å². The van der Waals surface area contributed by atoms with Crippen LogP contribution in [-0.4, -0.2) is 37.7 Å². The van der Waals surface area contributed by atoms with Gasteiger partial charge in [-0.25, -0.2) is 0 Å². The first-order valence-electron chi connectivity index (χ1n) is 6.10. The van der Waals surface area contributed by atoms with E-state index in [1.165, 1.54) is 38.5 Å². The summed E-state index contributed by atoms with van der Waals surface area (Å²) in [7, 11) is 2.37. The van der Waals surface area contributed by atoms with Gasteiger partial charge < -0.3 is 9.47 Å². The van der Waals surface area contributed by atoms with Crippen molar-refractivity contribution in [1.29, 1.82) is 0 Å². The number of esters is 2. The maximum atomic E-state index is 12.2. The first kappa shape index (κ1) is 12.8. The van der Waals surface area contributed by atoms with Crippen molar-refractivity contribution in [2.24, 2.45) is 22.7 Å². The highest BCUT2D eigenvalue weighted by Gasteiger charge is 2.83. The Kier molecular flexibility index (Phi) is 2.33. The van der Waals surface area contributed by atoms with E-state index in [0.29, 0.717) is 0 Å². The number of hydrogen-bond donors (Lipinski definition) is 0. The Labute approximate surface area is 114 Å². The number of allylic oxidation sites excluding steroid dienone is 2. The molecule has 0 bridgehead atoms. The zero-order valence-corrected chi connectivity index (χ0v) is 10.9. The fourth-order valence-electron chi connectivity index (χ4n) is 3.90. The van der Waals surface area contributed by atoms with E-state index < -0.39 is 34.6 Å². The summed E-state index contributed by atoms with van der Waals surface area (Å²) in [4.78, 5) is 48.4. The number of ketones is 2. The van der Waals surface area contributed by atoms with E-state index in [0.717, 1.165) is 0 Å². The first-order chi connectivity index (χ1) is 9.47. The molecular formula is C14H12O6. The molecule has 0 heterocycles. The van der Waals surface area contributed by atoms with Gasteiger partial charge in [-0.3, -0.25) is 19.2 Å². The molecule has 1 saturated carbocycles. The molecule has 0 aromatic carbocycles. The average molecular weight is 276 g/mol. The summed E-state index contributed by atoms with van der Waals surface area (Å²) in [5.41, 5.74) is -2.92. The highest BCUT2D eigenvalue weighted by atomic mass is 16.5. The molecule has 0 saturated heterocycles. The van der Waals surface area contributed by atoms with Crippen LogP contribution < -0.4 is 0 Å². The maximum Gasteiger partial charge on any atom is 0.317 e. The lowest BCUT2D eigenvalue weighted by Gasteiger charge is -2.57. The molecule has 3 aliphatic rings. The molecule has 0 radical (unpaired) electrons. The summed E-state index contributed by atoms with van der Waals surface area (Å²) in [5.74, 6) is -3.83. The molecule has 1 fully saturated rings. The molecule has 20 heavy (non-hydrogen) atoms. The van der Waals surface area contributed by atoms with Crippen molar-refractivity contribution in [1.82, 2.24) is 0 Å². The number of methoxy groups -OCH3 is 2. The Hall–Kier alpha value is -2.24. The van der Waals surface area contributed by atoms with E-state index in [-0.39, 0.29) is 11.6 Å². The van der Waals surface area contributed by atoms with Crippen LogP contribution in [0.15, 0.2) is 24.3 Å². The SMILES string of the molecule is COC(=O)[C@@]12C=CC(=O)[C@@H]1[C@@H]1C(=O)C=C[C@@]12C(=O)OC. The molecule has 0 spiro atoms. The van der Waals surface area contributed by atoms with Gasteiger partial charge in [-0.1, -0.05) is 12.2 Å². The van der Waals surface area contributed by atoms with Crippen LogP contribution in [-0.2, 0) is 28.7 Å². The van der Waals surface area contributed by atoms with Crippen molar-refractivity contribution in [3.05, 3.63) is 24.3 Å². The van der Waals surface area contributed by atoms with Crippen LogP contribution in [0.4, 0.5) is 0 Å². The Bertz CT molecular complexity index is 561. The molecule has 0 aromatic rings. The van der Waals surface area contributed by atoms with E-state index in [2.05, 4.69) is 0 Å². The molecule has 0 amide bonds. The normalized spacial score (nSPS) is 40.1. The fourth-order valence-corrected chi connectivity index (χ4v) is 3.90. The molecule has 104 valence electrons. The minimum Gasteiger partial charge on any atom is -0.468 e. The Morgan fingerprint density at radius 1 is 0.900 bits per heavy atom. The van der Waals surface area contributed by atoms with E-state index in [9.17, 15) is 19.2 Å². The van der Waals surface area contributed by atoms with Crippen LogP contribution in [0, 0.1) is 22.7 Å². The minimum atomic E-state index is -1.46. The summed E-state index contributed by atoms with van der Waals surface area (Å²) in [6, 6.07) is 0.